The highest BCUT2D eigenvalue weighted by molar-refractivity contribution is 6.33. The number of likely N-dealkylation sites (tertiary alicyclic amines) is 1. The minimum absolute atomic E-state index is 0.0534. The maximum absolute atomic E-state index is 14.5. The first kappa shape index (κ1) is 28.8. The van der Waals surface area contributed by atoms with Gasteiger partial charge in [0.1, 0.15) is 11.4 Å². The number of methoxy groups -OCH3 is 1. The molecule has 1 aromatic carbocycles. The molecule has 41 heavy (non-hydrogen) atoms. The van der Waals surface area contributed by atoms with Crippen LogP contribution in [-0.4, -0.2) is 75.7 Å². The Morgan fingerprint density at radius 2 is 1.90 bits per heavy atom. The van der Waals surface area contributed by atoms with Crippen LogP contribution in [0.1, 0.15) is 50.4 Å². The number of rotatable bonds is 7. The minimum atomic E-state index is -0.668. The van der Waals surface area contributed by atoms with Crippen LogP contribution in [0.5, 0.6) is 0 Å². The second kappa shape index (κ2) is 11.7. The maximum atomic E-state index is 14.5. The van der Waals surface area contributed by atoms with Gasteiger partial charge in [-0.15, -0.1) is 0 Å². The first-order valence-electron chi connectivity index (χ1n) is 13.6. The lowest BCUT2D eigenvalue weighted by atomic mass is 10.0. The molecular formula is C29H34ClFN6O4. The number of aromatic nitrogens is 3. The first-order valence-corrected chi connectivity index (χ1v) is 14.0. The fourth-order valence-corrected chi connectivity index (χ4v) is 4.96. The molecule has 1 aliphatic heterocycles. The molecule has 1 saturated carbocycles. The zero-order valence-corrected chi connectivity index (χ0v) is 24.2. The van der Waals surface area contributed by atoms with E-state index in [0.717, 1.165) is 24.6 Å². The normalized spacial score (nSPS) is 19.1. The minimum Gasteiger partial charge on any atom is -0.444 e. The summed E-state index contributed by atoms with van der Waals surface area (Å²) < 4.78 is 27.4. The van der Waals surface area contributed by atoms with Crippen LogP contribution in [0.3, 0.4) is 0 Å². The second-order valence-corrected chi connectivity index (χ2v) is 11.8. The van der Waals surface area contributed by atoms with E-state index < -0.39 is 17.3 Å². The zero-order valence-electron chi connectivity index (χ0n) is 23.5. The summed E-state index contributed by atoms with van der Waals surface area (Å²) >= 11 is 6.36. The van der Waals surface area contributed by atoms with Crippen LogP contribution in [0.15, 0.2) is 43.0 Å². The van der Waals surface area contributed by atoms with Crippen LogP contribution in [0.25, 0.3) is 16.8 Å². The molecule has 2 fully saturated rings. The van der Waals surface area contributed by atoms with Crippen molar-refractivity contribution in [2.24, 2.45) is 0 Å². The second-order valence-electron chi connectivity index (χ2n) is 11.4. The summed E-state index contributed by atoms with van der Waals surface area (Å²) in [6.45, 7) is 6.46. The lowest BCUT2D eigenvalue weighted by Crippen LogP contribution is -2.53. The smallest absolute Gasteiger partial charge is 0.410 e. The Kier molecular flexibility index (Phi) is 8.19. The molecule has 3 aromatic rings. The Bertz CT molecular complexity index is 1440. The van der Waals surface area contributed by atoms with Crippen molar-refractivity contribution in [3.63, 3.8) is 0 Å². The highest BCUT2D eigenvalue weighted by Crippen LogP contribution is 2.32. The van der Waals surface area contributed by atoms with E-state index in [-0.39, 0.29) is 34.9 Å². The van der Waals surface area contributed by atoms with Crippen molar-refractivity contribution in [2.75, 3.05) is 25.5 Å². The number of carbonyl (C=O) groups excluding carboxylic acids is 2. The molecule has 0 spiro atoms. The summed E-state index contributed by atoms with van der Waals surface area (Å²) in [5.41, 5.74) is 1.96. The molecule has 3 heterocycles. The zero-order chi connectivity index (χ0) is 29.3. The van der Waals surface area contributed by atoms with E-state index in [9.17, 15) is 14.0 Å². The lowest BCUT2D eigenvalue weighted by molar-refractivity contribution is -0.0101. The number of nitrogens with zero attached hydrogens (tertiary/aromatic N) is 4. The first-order chi connectivity index (χ1) is 19.5. The van der Waals surface area contributed by atoms with Crippen molar-refractivity contribution in [3.8, 4) is 16.8 Å². The number of halogens is 2. The Morgan fingerprint density at radius 1 is 1.12 bits per heavy atom. The number of hydrogen-bond donors (Lipinski definition) is 2. The van der Waals surface area contributed by atoms with Crippen molar-refractivity contribution in [2.45, 2.75) is 63.8 Å². The van der Waals surface area contributed by atoms with Crippen molar-refractivity contribution in [1.82, 2.24) is 25.0 Å². The number of hydrogen-bond acceptors (Lipinski definition) is 7. The standard InChI is InChI=1S/C29H34ClFN6O4/c1-29(2,3)41-28(39)36-8-7-25(26(16-36)40-4)34-19-9-20(14-32-13-19)37-15-17(12-33-37)21-10-22(24(31)11-23(21)30)27(38)35-18-5-6-18/h9-15,18,25-26,34H,5-8,16H2,1-4H3,(H,35,38)/t25?,26-/m1/s1. The predicted octanol–water partition coefficient (Wildman–Crippen LogP) is 5.06. The number of benzene rings is 1. The van der Waals surface area contributed by atoms with Crippen LogP contribution in [-0.2, 0) is 9.47 Å². The van der Waals surface area contributed by atoms with Gasteiger partial charge in [0.25, 0.3) is 5.91 Å². The molecule has 2 aromatic heterocycles. The lowest BCUT2D eigenvalue weighted by Gasteiger charge is -2.38. The molecular weight excluding hydrogens is 551 g/mol. The SMILES string of the molecule is CO[C@@H]1CN(C(=O)OC(C)(C)C)CCC1Nc1cncc(-n2cc(-c3cc(C(=O)NC4CC4)c(F)cc3Cl)cn2)c1. The van der Waals surface area contributed by atoms with Gasteiger partial charge < -0.3 is 25.0 Å². The van der Waals surface area contributed by atoms with Crippen LogP contribution in [0.2, 0.25) is 5.02 Å². The van der Waals surface area contributed by atoms with E-state index in [1.54, 1.807) is 41.5 Å². The molecule has 0 bridgehead atoms. The quantitative estimate of drug-likeness (QED) is 0.399. The molecule has 5 rings (SSSR count). The fourth-order valence-electron chi connectivity index (χ4n) is 4.70. The van der Waals surface area contributed by atoms with Gasteiger partial charge in [-0.25, -0.2) is 13.9 Å². The van der Waals surface area contributed by atoms with Gasteiger partial charge >= 0.3 is 6.09 Å². The summed E-state index contributed by atoms with van der Waals surface area (Å²) in [6.07, 6.45) is 8.60. The van der Waals surface area contributed by atoms with E-state index in [1.807, 2.05) is 26.8 Å². The average molecular weight is 585 g/mol. The molecule has 2 N–H and O–H groups in total. The molecule has 2 amide bonds. The molecule has 1 aliphatic carbocycles. The summed E-state index contributed by atoms with van der Waals surface area (Å²) in [7, 11) is 1.62. The van der Waals surface area contributed by atoms with Gasteiger partial charge in [0.2, 0.25) is 0 Å². The van der Waals surface area contributed by atoms with E-state index in [1.165, 1.54) is 6.07 Å². The van der Waals surface area contributed by atoms with E-state index in [2.05, 4.69) is 20.7 Å². The summed E-state index contributed by atoms with van der Waals surface area (Å²) in [4.78, 5) is 31.1. The molecule has 2 aliphatic rings. The molecule has 12 heteroatoms. The molecule has 1 saturated heterocycles. The highest BCUT2D eigenvalue weighted by Gasteiger charge is 2.34. The number of nitrogens with one attached hydrogen (secondary N) is 2. The number of anilines is 1. The average Bonchev–Trinajstić information content (AvgIpc) is 3.59. The number of amides is 2. The Labute approximate surface area is 243 Å². The highest BCUT2D eigenvalue weighted by atomic mass is 35.5. The Balaban J connectivity index is 1.29. The maximum Gasteiger partial charge on any atom is 0.410 e. The number of ether oxygens (including phenoxy) is 2. The number of carbonyl (C=O) groups is 2. The summed E-state index contributed by atoms with van der Waals surface area (Å²) in [6, 6.07) is 4.57. The third kappa shape index (κ3) is 6.97. The summed E-state index contributed by atoms with van der Waals surface area (Å²) in [5, 5.41) is 10.9. The van der Waals surface area contributed by atoms with Crippen LogP contribution in [0, 0.1) is 5.82 Å². The molecule has 2 atom stereocenters. The molecule has 10 nitrogen and oxygen atoms in total. The van der Waals surface area contributed by atoms with E-state index in [0.29, 0.717) is 36.3 Å². The Morgan fingerprint density at radius 3 is 2.61 bits per heavy atom. The van der Waals surface area contributed by atoms with Gasteiger partial charge in [-0.1, -0.05) is 11.6 Å². The van der Waals surface area contributed by atoms with Gasteiger partial charge in [-0.05, 0) is 58.2 Å². The predicted molar refractivity (Wildman–Crippen MR) is 153 cm³/mol. The molecule has 0 radical (unpaired) electrons. The number of pyridine rings is 1. The third-order valence-electron chi connectivity index (χ3n) is 6.96. The third-order valence-corrected chi connectivity index (χ3v) is 7.27. The van der Waals surface area contributed by atoms with E-state index >= 15 is 0 Å². The van der Waals surface area contributed by atoms with Gasteiger partial charge in [0.15, 0.2) is 0 Å². The Hall–Kier alpha value is -3.70. The van der Waals surface area contributed by atoms with Crippen LogP contribution in [0.4, 0.5) is 14.9 Å². The van der Waals surface area contributed by atoms with Crippen molar-refractivity contribution < 1.29 is 23.5 Å². The topological polar surface area (TPSA) is 111 Å². The number of piperidine rings is 1. The monoisotopic (exact) mass is 584 g/mol. The largest absolute Gasteiger partial charge is 0.444 e. The van der Waals surface area contributed by atoms with Gasteiger partial charge in [0.05, 0.1) is 59.2 Å². The fraction of sp³-hybridized carbons (Fsp3) is 0.448. The molecule has 218 valence electrons. The van der Waals surface area contributed by atoms with E-state index in [4.69, 9.17) is 21.1 Å². The van der Waals surface area contributed by atoms with Crippen molar-refractivity contribution in [3.05, 3.63) is 59.4 Å². The van der Waals surface area contributed by atoms with Crippen LogP contribution < -0.4 is 10.6 Å². The van der Waals surface area contributed by atoms with Gasteiger partial charge in [-0.3, -0.25) is 9.78 Å². The van der Waals surface area contributed by atoms with Crippen LogP contribution >= 0.6 is 11.6 Å². The molecule has 1 unspecified atom stereocenters. The van der Waals surface area contributed by atoms with Crippen molar-refractivity contribution >= 4 is 29.3 Å². The van der Waals surface area contributed by atoms with Gasteiger partial charge in [0, 0.05) is 37.0 Å². The summed E-state index contributed by atoms with van der Waals surface area (Å²) in [5.74, 6) is -1.12. The van der Waals surface area contributed by atoms with Gasteiger partial charge in [-0.2, -0.15) is 5.10 Å². The van der Waals surface area contributed by atoms with Crippen molar-refractivity contribution in [1.29, 1.82) is 0 Å².